The first-order valence-corrected chi connectivity index (χ1v) is 22.2. The van der Waals surface area contributed by atoms with Crippen LogP contribution in [0.15, 0.2) is 200 Å². The predicted molar refractivity (Wildman–Crippen MR) is 246 cm³/mol. The highest BCUT2D eigenvalue weighted by molar-refractivity contribution is 7.12. The highest BCUT2D eigenvalue weighted by Gasteiger charge is 2.51. The minimum atomic E-state index is -3.01. The molecule has 0 amide bonds. The highest BCUT2D eigenvalue weighted by atomic mass is 28.3. The molecule has 8 heteroatoms. The van der Waals surface area contributed by atoms with Gasteiger partial charge in [0.2, 0.25) is 11.9 Å². The fourth-order valence-electron chi connectivity index (χ4n) is 9.92. The molecule has 0 spiro atoms. The van der Waals surface area contributed by atoms with Crippen LogP contribution in [0.4, 0.5) is 0 Å². The average molecular weight is 784 g/mol. The molecule has 1 unspecified atom stereocenters. The molecule has 0 aliphatic carbocycles. The molecule has 60 heavy (non-hydrogen) atoms. The summed E-state index contributed by atoms with van der Waals surface area (Å²) in [5.74, 6) is 2.72. The Morgan fingerprint density at radius 2 is 0.850 bits per heavy atom. The van der Waals surface area contributed by atoms with Crippen molar-refractivity contribution in [2.24, 2.45) is 0 Å². The molecule has 13 rings (SSSR count). The minimum absolute atomic E-state index is 0.559. The molecule has 0 fully saturated rings. The van der Waals surface area contributed by atoms with Crippen molar-refractivity contribution in [1.82, 2.24) is 33.3 Å². The monoisotopic (exact) mass is 783 g/mol. The molecule has 0 saturated heterocycles. The summed E-state index contributed by atoms with van der Waals surface area (Å²) in [6, 6.07) is 71.4. The first-order valence-electron chi connectivity index (χ1n) is 20.2. The van der Waals surface area contributed by atoms with Gasteiger partial charge in [0.1, 0.15) is 5.82 Å². The second kappa shape index (κ2) is 12.5. The van der Waals surface area contributed by atoms with E-state index in [2.05, 4.69) is 214 Å². The Balaban J connectivity index is 1.12. The van der Waals surface area contributed by atoms with E-state index in [1.807, 2.05) is 0 Å². The third-order valence-corrected chi connectivity index (χ3v) is 17.0. The van der Waals surface area contributed by atoms with Crippen LogP contribution in [0.1, 0.15) is 0 Å². The summed E-state index contributed by atoms with van der Waals surface area (Å²) in [6.07, 6.45) is 0. The van der Waals surface area contributed by atoms with Crippen LogP contribution in [0.2, 0.25) is 0 Å². The van der Waals surface area contributed by atoms with Gasteiger partial charge in [0, 0.05) is 32.7 Å². The molecule has 0 bridgehead atoms. The van der Waals surface area contributed by atoms with Crippen LogP contribution < -0.4 is 15.6 Å². The maximum absolute atomic E-state index is 5.43. The molecule has 8 aromatic carbocycles. The summed E-state index contributed by atoms with van der Waals surface area (Å²) in [4.78, 5) is 21.6. The van der Waals surface area contributed by atoms with E-state index < -0.39 is 8.24 Å². The van der Waals surface area contributed by atoms with Gasteiger partial charge in [-0.15, -0.1) is 0 Å². The van der Waals surface area contributed by atoms with E-state index in [1.165, 1.54) is 21.1 Å². The van der Waals surface area contributed by atoms with Crippen molar-refractivity contribution in [2.45, 2.75) is 0 Å². The predicted octanol–water partition coefficient (Wildman–Crippen LogP) is 9.58. The van der Waals surface area contributed by atoms with Crippen LogP contribution >= 0.6 is 0 Å². The summed E-state index contributed by atoms with van der Waals surface area (Å²) in [6.45, 7) is 0. The van der Waals surface area contributed by atoms with E-state index in [4.69, 9.17) is 19.9 Å². The largest absolute Gasteiger partial charge is 0.339 e. The fourth-order valence-corrected chi connectivity index (χ4v) is 15.0. The standard InChI is InChI=1S/C52H33N7Si/c1-2-18-35(19-3-1)60(48-32-15-8-25-41(48)50-53-42-26-9-14-31-47(42)59(50)60)36-20-16-17-34(33-36)49-54-51(57-43-27-10-4-21-37(43)38-22-5-11-28-44(38)57)56-52(55-49)58-45-29-12-6-23-39(45)40-24-7-13-30-46(40)58/h1-33H. The van der Waals surface area contributed by atoms with Crippen molar-refractivity contribution in [3.05, 3.63) is 200 Å². The molecule has 1 aliphatic rings. The van der Waals surface area contributed by atoms with Crippen LogP contribution in [-0.4, -0.2) is 41.5 Å². The van der Waals surface area contributed by atoms with Crippen LogP contribution in [0.5, 0.6) is 0 Å². The van der Waals surface area contributed by atoms with Gasteiger partial charge in [-0.1, -0.05) is 158 Å². The molecule has 0 N–H and O–H groups in total. The Bertz CT molecular complexity index is 3460. The van der Waals surface area contributed by atoms with E-state index in [-0.39, 0.29) is 0 Å². The zero-order valence-electron chi connectivity index (χ0n) is 32.2. The summed E-state index contributed by atoms with van der Waals surface area (Å²) < 4.78 is 6.95. The summed E-state index contributed by atoms with van der Waals surface area (Å²) >= 11 is 0. The summed E-state index contributed by atoms with van der Waals surface area (Å²) in [5, 5.41) is 8.41. The third-order valence-electron chi connectivity index (χ3n) is 12.4. The van der Waals surface area contributed by atoms with Crippen molar-refractivity contribution in [2.75, 3.05) is 0 Å². The second-order valence-corrected chi connectivity index (χ2v) is 19.0. The molecule has 0 saturated carbocycles. The molecular formula is C52H33N7Si. The maximum Gasteiger partial charge on any atom is 0.259 e. The maximum atomic E-state index is 5.43. The van der Waals surface area contributed by atoms with E-state index in [0.717, 1.165) is 66.0 Å². The Morgan fingerprint density at radius 1 is 0.367 bits per heavy atom. The van der Waals surface area contributed by atoms with Gasteiger partial charge < -0.3 is 4.23 Å². The number of imidazole rings is 1. The number of fused-ring (bicyclic) bond motifs is 11. The first-order chi connectivity index (χ1) is 29.8. The number of nitrogens with zero attached hydrogens (tertiary/aromatic N) is 7. The first kappa shape index (κ1) is 33.1. The van der Waals surface area contributed by atoms with Crippen molar-refractivity contribution < 1.29 is 0 Å². The Hall–Kier alpha value is -7.94. The normalized spacial score (nSPS) is 14.7. The number of rotatable bonds is 5. The van der Waals surface area contributed by atoms with Crippen molar-refractivity contribution in [1.29, 1.82) is 0 Å². The molecular weight excluding hydrogens is 751 g/mol. The number of hydrogen-bond acceptors (Lipinski definition) is 4. The lowest BCUT2D eigenvalue weighted by molar-refractivity contribution is 0.893. The van der Waals surface area contributed by atoms with Crippen molar-refractivity contribution in [3.63, 3.8) is 0 Å². The second-order valence-electron chi connectivity index (χ2n) is 15.5. The van der Waals surface area contributed by atoms with Gasteiger partial charge in [0.25, 0.3) is 8.24 Å². The molecule has 1 aliphatic heterocycles. The quantitative estimate of drug-likeness (QED) is 0.163. The lowest BCUT2D eigenvalue weighted by Gasteiger charge is -2.32. The lowest BCUT2D eigenvalue weighted by atomic mass is 10.2. The third kappa shape index (κ3) is 4.48. The summed E-state index contributed by atoms with van der Waals surface area (Å²) in [7, 11) is -3.01. The van der Waals surface area contributed by atoms with E-state index >= 15 is 0 Å². The van der Waals surface area contributed by atoms with Gasteiger partial charge in [0.05, 0.1) is 33.1 Å². The van der Waals surface area contributed by atoms with Gasteiger partial charge in [-0.3, -0.25) is 9.13 Å². The Morgan fingerprint density at radius 3 is 1.45 bits per heavy atom. The molecule has 7 nitrogen and oxygen atoms in total. The number of para-hydroxylation sites is 6. The minimum Gasteiger partial charge on any atom is -0.339 e. The topological polar surface area (TPSA) is 66.3 Å². The van der Waals surface area contributed by atoms with E-state index in [0.29, 0.717) is 17.7 Å². The number of hydrogen-bond donors (Lipinski definition) is 0. The molecule has 280 valence electrons. The Labute approximate surface area is 345 Å². The zero-order chi connectivity index (χ0) is 39.4. The smallest absolute Gasteiger partial charge is 0.259 e. The lowest BCUT2D eigenvalue weighted by Crippen LogP contribution is -2.70. The van der Waals surface area contributed by atoms with Crippen molar-refractivity contribution >= 4 is 78.4 Å². The average Bonchev–Trinajstić information content (AvgIpc) is 4.05. The van der Waals surface area contributed by atoms with Gasteiger partial charge in [-0.25, -0.2) is 4.98 Å². The van der Waals surface area contributed by atoms with Gasteiger partial charge in [-0.2, -0.15) is 15.0 Å². The van der Waals surface area contributed by atoms with Gasteiger partial charge in [-0.05, 0) is 58.0 Å². The number of aromatic nitrogens is 7. The Kier molecular flexibility index (Phi) is 6.90. The molecule has 4 aromatic heterocycles. The van der Waals surface area contributed by atoms with E-state index in [1.54, 1.807) is 0 Å². The van der Waals surface area contributed by atoms with Gasteiger partial charge in [0.15, 0.2) is 5.82 Å². The van der Waals surface area contributed by atoms with E-state index in [9.17, 15) is 0 Å². The molecule has 0 radical (unpaired) electrons. The van der Waals surface area contributed by atoms with Crippen LogP contribution in [0, 0.1) is 0 Å². The number of benzene rings is 8. The molecule has 5 heterocycles. The zero-order valence-corrected chi connectivity index (χ0v) is 33.2. The SMILES string of the molecule is c1ccc([Si]2(c3cccc(-c4nc(-n5c6ccccc6c6ccccc65)nc(-n5c6ccccc6c6ccccc65)n4)c3)c3ccccc3-c3nc4ccccc4n32)cc1. The summed E-state index contributed by atoms with van der Waals surface area (Å²) in [5.41, 5.74) is 8.37. The molecule has 1 atom stereocenters. The van der Waals surface area contributed by atoms with Crippen molar-refractivity contribution in [3.8, 4) is 34.7 Å². The van der Waals surface area contributed by atoms with Crippen LogP contribution in [0.3, 0.4) is 0 Å². The van der Waals surface area contributed by atoms with Gasteiger partial charge >= 0.3 is 0 Å². The van der Waals surface area contributed by atoms with Crippen LogP contribution in [0.25, 0.3) is 89.3 Å². The van der Waals surface area contributed by atoms with Crippen LogP contribution in [-0.2, 0) is 0 Å². The fraction of sp³-hybridized carbons (Fsp3) is 0. The highest BCUT2D eigenvalue weighted by Crippen LogP contribution is 2.37. The molecule has 12 aromatic rings.